The van der Waals surface area contributed by atoms with Crippen molar-refractivity contribution in [2.75, 3.05) is 15.8 Å². The molecule has 0 aliphatic heterocycles. The van der Waals surface area contributed by atoms with Crippen molar-refractivity contribution in [3.63, 3.8) is 0 Å². The van der Waals surface area contributed by atoms with Crippen LogP contribution in [0.4, 0.5) is 11.5 Å². The predicted molar refractivity (Wildman–Crippen MR) is 166 cm³/mol. The number of nitrogens with one attached hydrogen (secondary N) is 2. The van der Waals surface area contributed by atoms with E-state index in [-0.39, 0.29) is 34.5 Å². The minimum Gasteiger partial charge on any atom is -0.467 e. The van der Waals surface area contributed by atoms with Gasteiger partial charge in [0.2, 0.25) is 5.91 Å². The first kappa shape index (κ1) is 29.1. The number of carbonyl (C=O) groups is 1. The van der Waals surface area contributed by atoms with Gasteiger partial charge in [-0.1, -0.05) is 11.8 Å². The zero-order valence-electron chi connectivity index (χ0n) is 23.4. The molecule has 11 nitrogen and oxygen atoms in total. The number of aromatic nitrogens is 4. The molecule has 14 heteroatoms. The molecule has 0 atom stereocenters. The molecule has 2 N–H and O–H groups in total. The molecule has 0 radical (unpaired) electrons. The molecule has 0 fully saturated rings. The molecule has 1 aromatic carbocycles. The number of benzene rings is 1. The third-order valence-corrected chi connectivity index (χ3v) is 10.5. The Morgan fingerprint density at radius 2 is 1.88 bits per heavy atom. The minimum absolute atomic E-state index is 0.00475. The van der Waals surface area contributed by atoms with E-state index in [4.69, 9.17) is 9.40 Å². The summed E-state index contributed by atoms with van der Waals surface area (Å²) in [5.74, 6) is 0.925. The molecule has 43 heavy (non-hydrogen) atoms. The van der Waals surface area contributed by atoms with Gasteiger partial charge in [-0.15, -0.1) is 11.3 Å². The number of aryl methyl sites for hydroxylation is 4. The maximum atomic E-state index is 13.7. The van der Waals surface area contributed by atoms with Gasteiger partial charge in [0.1, 0.15) is 22.2 Å². The summed E-state index contributed by atoms with van der Waals surface area (Å²) in [6.07, 6.45) is 5.54. The molecule has 0 unspecified atom stereocenters. The number of carbonyl (C=O) groups excluding carboxylic acids is 1. The van der Waals surface area contributed by atoms with Gasteiger partial charge in [0.05, 0.1) is 28.8 Å². The Morgan fingerprint density at radius 3 is 2.63 bits per heavy atom. The SMILES string of the molecule is Cc1cc(NS(=O)(=O)c2ccc(NC(=O)CSc3nc4sc5c(c4c(=O)n3Cc3ccco3)CCCC5)cc2)nc(C)n1. The Hall–Kier alpha value is -4.01. The Bertz CT molecular complexity index is 1960. The van der Waals surface area contributed by atoms with E-state index in [1.165, 1.54) is 40.9 Å². The van der Waals surface area contributed by atoms with Crippen molar-refractivity contribution in [2.45, 2.75) is 56.1 Å². The summed E-state index contributed by atoms with van der Waals surface area (Å²) in [7, 11) is -3.89. The lowest BCUT2D eigenvalue weighted by Gasteiger charge is -2.13. The minimum atomic E-state index is -3.89. The summed E-state index contributed by atoms with van der Waals surface area (Å²) in [6, 6.07) is 11.0. The fourth-order valence-electron chi connectivity index (χ4n) is 5.04. The average Bonchev–Trinajstić information content (AvgIpc) is 3.61. The highest BCUT2D eigenvalue weighted by atomic mass is 32.2. The molecular weight excluding hydrogens is 609 g/mol. The van der Waals surface area contributed by atoms with Crippen LogP contribution in [0.15, 0.2) is 68.0 Å². The maximum Gasteiger partial charge on any atom is 0.263 e. The van der Waals surface area contributed by atoms with Gasteiger partial charge in [-0.3, -0.25) is 18.9 Å². The van der Waals surface area contributed by atoms with Crippen molar-refractivity contribution in [2.24, 2.45) is 0 Å². The monoisotopic (exact) mass is 636 g/mol. The van der Waals surface area contributed by atoms with Crippen LogP contribution in [0.3, 0.4) is 0 Å². The number of furan rings is 1. The molecule has 4 aromatic heterocycles. The number of nitrogens with zero attached hydrogens (tertiary/aromatic N) is 4. The van der Waals surface area contributed by atoms with E-state index in [1.54, 1.807) is 54.2 Å². The lowest BCUT2D eigenvalue weighted by molar-refractivity contribution is -0.113. The fraction of sp³-hybridized carbons (Fsp3) is 0.276. The van der Waals surface area contributed by atoms with Gasteiger partial charge in [0.15, 0.2) is 5.16 Å². The highest BCUT2D eigenvalue weighted by Gasteiger charge is 2.23. The van der Waals surface area contributed by atoms with E-state index in [0.29, 0.717) is 38.3 Å². The number of amides is 1. The third kappa shape index (κ3) is 6.36. The molecular formula is C29H28N6O5S3. The van der Waals surface area contributed by atoms with Crippen LogP contribution in [0.25, 0.3) is 10.2 Å². The molecule has 0 saturated carbocycles. The molecule has 4 heterocycles. The summed E-state index contributed by atoms with van der Waals surface area (Å²) in [4.78, 5) is 41.7. The smallest absolute Gasteiger partial charge is 0.263 e. The number of hydrogen-bond donors (Lipinski definition) is 2. The van der Waals surface area contributed by atoms with E-state index in [0.717, 1.165) is 31.2 Å². The van der Waals surface area contributed by atoms with Gasteiger partial charge in [-0.25, -0.2) is 23.4 Å². The van der Waals surface area contributed by atoms with E-state index in [1.807, 2.05) is 0 Å². The van der Waals surface area contributed by atoms with Crippen molar-refractivity contribution in [3.05, 3.63) is 86.8 Å². The van der Waals surface area contributed by atoms with Crippen molar-refractivity contribution >= 4 is 60.8 Å². The Kier molecular flexibility index (Phi) is 8.07. The molecule has 1 aliphatic carbocycles. The van der Waals surface area contributed by atoms with Crippen LogP contribution in [-0.4, -0.2) is 39.6 Å². The zero-order chi connectivity index (χ0) is 30.1. The molecule has 5 aromatic rings. The van der Waals surface area contributed by atoms with Gasteiger partial charge in [0, 0.05) is 22.3 Å². The number of fused-ring (bicyclic) bond motifs is 3. The van der Waals surface area contributed by atoms with E-state index in [2.05, 4.69) is 20.0 Å². The first-order valence-electron chi connectivity index (χ1n) is 13.6. The second kappa shape index (κ2) is 11.9. The average molecular weight is 637 g/mol. The van der Waals surface area contributed by atoms with Crippen LogP contribution in [0.1, 0.15) is 40.6 Å². The molecule has 1 amide bonds. The molecule has 0 bridgehead atoms. The lowest BCUT2D eigenvalue weighted by Crippen LogP contribution is -2.25. The third-order valence-electron chi connectivity index (χ3n) is 6.92. The summed E-state index contributed by atoms with van der Waals surface area (Å²) in [6.45, 7) is 3.65. The number of rotatable bonds is 9. The maximum absolute atomic E-state index is 13.7. The highest BCUT2D eigenvalue weighted by molar-refractivity contribution is 7.99. The second-order valence-electron chi connectivity index (χ2n) is 10.2. The summed E-state index contributed by atoms with van der Waals surface area (Å²) < 4.78 is 35.2. The van der Waals surface area contributed by atoms with Crippen LogP contribution in [0.2, 0.25) is 0 Å². The fourth-order valence-corrected chi connectivity index (χ4v) is 8.13. The van der Waals surface area contributed by atoms with Crippen LogP contribution < -0.4 is 15.6 Å². The largest absolute Gasteiger partial charge is 0.467 e. The van der Waals surface area contributed by atoms with Crippen LogP contribution in [0.5, 0.6) is 0 Å². The number of thioether (sulfide) groups is 1. The van der Waals surface area contributed by atoms with Crippen LogP contribution in [0, 0.1) is 13.8 Å². The first-order chi connectivity index (χ1) is 20.7. The van der Waals surface area contributed by atoms with Crippen molar-refractivity contribution in [3.8, 4) is 0 Å². The molecule has 6 rings (SSSR count). The lowest BCUT2D eigenvalue weighted by atomic mass is 9.97. The van der Waals surface area contributed by atoms with Gasteiger partial charge in [0.25, 0.3) is 15.6 Å². The Balaban J connectivity index is 1.17. The number of sulfonamides is 1. The topological polar surface area (TPSA) is 149 Å². The zero-order valence-corrected chi connectivity index (χ0v) is 25.9. The quantitative estimate of drug-likeness (QED) is 0.170. The van der Waals surface area contributed by atoms with E-state index < -0.39 is 10.0 Å². The van der Waals surface area contributed by atoms with Crippen LogP contribution in [-0.2, 0) is 34.2 Å². The molecule has 0 saturated heterocycles. The highest BCUT2D eigenvalue weighted by Crippen LogP contribution is 2.35. The summed E-state index contributed by atoms with van der Waals surface area (Å²) in [5.41, 5.74) is 2.06. The van der Waals surface area contributed by atoms with Crippen LogP contribution >= 0.6 is 23.1 Å². The molecule has 0 spiro atoms. The normalized spacial score (nSPS) is 13.2. The second-order valence-corrected chi connectivity index (χ2v) is 13.9. The van der Waals surface area contributed by atoms with Gasteiger partial charge < -0.3 is 9.73 Å². The van der Waals surface area contributed by atoms with Gasteiger partial charge in [-0.05, 0) is 81.5 Å². The standard InChI is InChI=1S/C29H28N6O5S3/c1-17-14-24(31-18(2)30-17)34-43(38,39)21-11-9-19(10-12-21)32-25(36)16-41-29-33-27-26(22-7-3-4-8-23(22)42-27)28(37)35(29)15-20-6-5-13-40-20/h5-6,9-14H,3-4,7-8,15-16H2,1-2H3,(H,32,36)(H,30,31,34). The van der Waals surface area contributed by atoms with Gasteiger partial charge >= 0.3 is 0 Å². The van der Waals surface area contributed by atoms with E-state index in [9.17, 15) is 18.0 Å². The predicted octanol–water partition coefficient (Wildman–Crippen LogP) is 4.92. The van der Waals surface area contributed by atoms with Crippen molar-refractivity contribution in [1.29, 1.82) is 0 Å². The molecule has 222 valence electrons. The van der Waals surface area contributed by atoms with E-state index >= 15 is 0 Å². The molecule has 1 aliphatic rings. The summed E-state index contributed by atoms with van der Waals surface area (Å²) >= 11 is 2.73. The first-order valence-corrected chi connectivity index (χ1v) is 16.9. The summed E-state index contributed by atoms with van der Waals surface area (Å²) in [5, 5.41) is 3.90. The Morgan fingerprint density at radius 1 is 1.09 bits per heavy atom. The number of thiophene rings is 1. The van der Waals surface area contributed by atoms with Gasteiger partial charge in [-0.2, -0.15) is 0 Å². The van der Waals surface area contributed by atoms with Crippen molar-refractivity contribution < 1.29 is 17.6 Å². The number of hydrogen-bond acceptors (Lipinski definition) is 10. The van der Waals surface area contributed by atoms with Crippen molar-refractivity contribution in [1.82, 2.24) is 19.5 Å². The number of anilines is 2. The Labute approximate surface area is 255 Å².